The highest BCUT2D eigenvalue weighted by Gasteiger charge is 2.20. The lowest BCUT2D eigenvalue weighted by Crippen LogP contribution is -2.30. The van der Waals surface area contributed by atoms with Crippen LogP contribution in [-0.2, 0) is 10.0 Å². The average molecular weight is 507 g/mol. The molecule has 32 heavy (non-hydrogen) atoms. The Hall–Kier alpha value is -2.24. The van der Waals surface area contributed by atoms with Crippen LogP contribution in [0.25, 0.3) is 12.2 Å². The summed E-state index contributed by atoms with van der Waals surface area (Å²) in [7, 11) is -3.78. The summed E-state index contributed by atoms with van der Waals surface area (Å²) in [5.74, 6) is 0. The van der Waals surface area contributed by atoms with E-state index < -0.39 is 10.0 Å². The van der Waals surface area contributed by atoms with Crippen LogP contribution in [0.2, 0.25) is 15.1 Å². The van der Waals surface area contributed by atoms with Crippen molar-refractivity contribution in [2.24, 2.45) is 0 Å². The topological polar surface area (TPSA) is 37.4 Å². The molecular formula is C25H22Cl3NO2S. The van der Waals surface area contributed by atoms with E-state index in [4.69, 9.17) is 34.8 Å². The molecule has 0 aliphatic heterocycles. The van der Waals surface area contributed by atoms with Gasteiger partial charge in [0.15, 0.2) is 0 Å². The Morgan fingerprint density at radius 2 is 1.44 bits per heavy atom. The lowest BCUT2D eigenvalue weighted by Gasteiger charge is -2.23. The molecule has 0 N–H and O–H groups in total. The Morgan fingerprint density at radius 1 is 0.812 bits per heavy atom. The predicted molar refractivity (Wildman–Crippen MR) is 138 cm³/mol. The maximum atomic E-state index is 13.2. The molecule has 0 amide bonds. The fourth-order valence-electron chi connectivity index (χ4n) is 3.13. The fourth-order valence-corrected chi connectivity index (χ4v) is 5.05. The molecular weight excluding hydrogens is 485 g/mol. The molecule has 0 spiro atoms. The van der Waals surface area contributed by atoms with Gasteiger partial charge in [-0.15, -0.1) is 0 Å². The van der Waals surface area contributed by atoms with Crippen LogP contribution in [0.3, 0.4) is 0 Å². The van der Waals surface area contributed by atoms with Gasteiger partial charge in [-0.1, -0.05) is 71.2 Å². The minimum atomic E-state index is -3.78. The molecule has 0 radical (unpaired) electrons. The Balaban J connectivity index is 1.86. The number of benzene rings is 3. The zero-order chi connectivity index (χ0) is 23.1. The van der Waals surface area contributed by atoms with E-state index in [-0.39, 0.29) is 6.54 Å². The van der Waals surface area contributed by atoms with Crippen LogP contribution < -0.4 is 4.31 Å². The van der Waals surface area contributed by atoms with E-state index in [1.807, 2.05) is 37.3 Å². The molecule has 0 saturated heterocycles. The molecule has 0 bridgehead atoms. The lowest BCUT2D eigenvalue weighted by atomic mass is 10.2. The number of rotatable bonds is 8. The molecule has 3 nitrogen and oxygen atoms in total. The summed E-state index contributed by atoms with van der Waals surface area (Å²) in [6.07, 6.45) is 5.88. The van der Waals surface area contributed by atoms with Crippen molar-refractivity contribution < 1.29 is 8.42 Å². The molecule has 166 valence electrons. The zero-order valence-corrected chi connectivity index (χ0v) is 20.5. The van der Waals surface area contributed by atoms with Gasteiger partial charge in [-0.25, -0.2) is 8.42 Å². The average Bonchev–Trinajstić information content (AvgIpc) is 2.71. The number of aryl methyl sites for hydroxylation is 1. The second-order valence-electron chi connectivity index (χ2n) is 7.21. The number of sulfonamides is 1. The van der Waals surface area contributed by atoms with Crippen LogP contribution in [0.4, 0.5) is 5.69 Å². The first kappa shape index (κ1) is 24.4. The van der Waals surface area contributed by atoms with Crippen LogP contribution in [-0.4, -0.2) is 15.0 Å². The molecule has 7 heteroatoms. The van der Waals surface area contributed by atoms with E-state index in [1.165, 1.54) is 15.8 Å². The molecule has 0 atom stereocenters. The number of hydrogen-bond acceptors (Lipinski definition) is 2. The summed E-state index contributed by atoms with van der Waals surface area (Å²) in [6.45, 7) is 2.13. The van der Waals surface area contributed by atoms with Gasteiger partial charge in [0.1, 0.15) is 0 Å². The highest BCUT2D eigenvalue weighted by Crippen LogP contribution is 2.26. The Morgan fingerprint density at radius 3 is 2.03 bits per heavy atom. The van der Waals surface area contributed by atoms with Crippen molar-refractivity contribution in [2.75, 3.05) is 10.8 Å². The predicted octanol–water partition coefficient (Wildman–Crippen LogP) is 7.87. The van der Waals surface area contributed by atoms with Crippen molar-refractivity contribution >= 4 is 62.7 Å². The van der Waals surface area contributed by atoms with Crippen molar-refractivity contribution in [1.29, 1.82) is 0 Å². The minimum Gasteiger partial charge on any atom is -0.266 e. The highest BCUT2D eigenvalue weighted by atomic mass is 35.5. The summed E-state index contributed by atoms with van der Waals surface area (Å²) < 4.78 is 27.8. The molecule has 0 unspecified atom stereocenters. The number of anilines is 1. The molecule has 0 fully saturated rings. The van der Waals surface area contributed by atoms with Gasteiger partial charge >= 0.3 is 0 Å². The standard InChI is InChI=1S/C25H22Cl3NO2S/c1-19-14-24(28)18-25(15-19)29(12-3-2-6-20-7-4-9-22(26)16-20)32(30,31)13-11-21-8-5-10-23(27)17-21/h2,4-11,13-18H,3,12H2,1H3/b6-2+,13-11+. The molecule has 0 aliphatic carbocycles. The number of nitrogens with zero attached hydrogens (tertiary/aromatic N) is 1. The van der Waals surface area contributed by atoms with Crippen LogP contribution in [0.1, 0.15) is 23.1 Å². The van der Waals surface area contributed by atoms with Crippen molar-refractivity contribution in [2.45, 2.75) is 13.3 Å². The molecule has 0 saturated carbocycles. The first-order valence-electron chi connectivity index (χ1n) is 9.89. The van der Waals surface area contributed by atoms with Gasteiger partial charge in [-0.2, -0.15) is 0 Å². The van der Waals surface area contributed by atoms with Gasteiger partial charge in [0, 0.05) is 21.6 Å². The fraction of sp³-hybridized carbons (Fsp3) is 0.120. The normalized spacial score (nSPS) is 12.0. The molecule has 3 aromatic carbocycles. The maximum absolute atomic E-state index is 13.2. The van der Waals surface area contributed by atoms with Crippen molar-refractivity contribution in [1.82, 2.24) is 0 Å². The minimum absolute atomic E-state index is 0.249. The van der Waals surface area contributed by atoms with Crippen LogP contribution in [0, 0.1) is 6.92 Å². The van der Waals surface area contributed by atoms with Crippen LogP contribution >= 0.6 is 34.8 Å². The third-order valence-electron chi connectivity index (χ3n) is 4.56. The molecule has 3 rings (SSSR count). The summed E-state index contributed by atoms with van der Waals surface area (Å²) in [5, 5.41) is 2.86. The van der Waals surface area contributed by atoms with E-state index in [1.54, 1.807) is 48.5 Å². The molecule has 3 aromatic rings. The van der Waals surface area contributed by atoms with E-state index in [0.29, 0.717) is 32.7 Å². The maximum Gasteiger partial charge on any atom is 0.257 e. The van der Waals surface area contributed by atoms with E-state index in [9.17, 15) is 8.42 Å². The van der Waals surface area contributed by atoms with Gasteiger partial charge in [0.05, 0.1) is 11.1 Å². The van der Waals surface area contributed by atoms with Gasteiger partial charge in [-0.3, -0.25) is 4.31 Å². The summed E-state index contributed by atoms with van der Waals surface area (Å²) in [5.41, 5.74) is 3.04. The van der Waals surface area contributed by atoms with Crippen molar-refractivity contribution in [3.63, 3.8) is 0 Å². The number of hydrogen-bond donors (Lipinski definition) is 0. The van der Waals surface area contributed by atoms with E-state index in [2.05, 4.69) is 0 Å². The summed E-state index contributed by atoms with van der Waals surface area (Å²) >= 11 is 18.2. The second-order valence-corrected chi connectivity index (χ2v) is 10.3. The molecule has 0 aliphatic rings. The third-order valence-corrected chi connectivity index (χ3v) is 6.74. The second kappa shape index (κ2) is 11.1. The summed E-state index contributed by atoms with van der Waals surface area (Å²) in [4.78, 5) is 0. The van der Waals surface area contributed by atoms with Crippen LogP contribution in [0.15, 0.2) is 78.2 Å². The first-order valence-corrected chi connectivity index (χ1v) is 12.5. The molecule has 0 heterocycles. The lowest BCUT2D eigenvalue weighted by molar-refractivity contribution is 0.600. The number of halogens is 3. The SMILES string of the molecule is Cc1cc(Cl)cc(N(CC/C=C/c2cccc(Cl)c2)S(=O)(=O)/C=C/c2cccc(Cl)c2)c1. The van der Waals surface area contributed by atoms with E-state index in [0.717, 1.165) is 11.1 Å². The largest absolute Gasteiger partial charge is 0.266 e. The van der Waals surface area contributed by atoms with Crippen molar-refractivity contribution in [3.05, 3.63) is 110 Å². The molecule has 0 aromatic heterocycles. The third kappa shape index (κ3) is 7.14. The Labute approximate surface area is 204 Å². The van der Waals surface area contributed by atoms with Gasteiger partial charge in [-0.05, 0) is 78.6 Å². The summed E-state index contributed by atoms with van der Waals surface area (Å²) in [6, 6.07) is 19.7. The highest BCUT2D eigenvalue weighted by molar-refractivity contribution is 7.95. The van der Waals surface area contributed by atoms with Gasteiger partial charge in [0.25, 0.3) is 10.0 Å². The monoisotopic (exact) mass is 505 g/mol. The smallest absolute Gasteiger partial charge is 0.257 e. The quantitative estimate of drug-likeness (QED) is 0.312. The van der Waals surface area contributed by atoms with Gasteiger partial charge in [0.2, 0.25) is 0 Å². The van der Waals surface area contributed by atoms with Crippen LogP contribution in [0.5, 0.6) is 0 Å². The zero-order valence-electron chi connectivity index (χ0n) is 17.4. The van der Waals surface area contributed by atoms with Gasteiger partial charge < -0.3 is 0 Å². The van der Waals surface area contributed by atoms with E-state index >= 15 is 0 Å². The van der Waals surface area contributed by atoms with Crippen molar-refractivity contribution in [3.8, 4) is 0 Å². The first-order chi connectivity index (χ1) is 15.2. The Bertz CT molecular complexity index is 1230. The Kier molecular flexibility index (Phi) is 8.44.